The van der Waals surface area contributed by atoms with Crippen LogP contribution < -0.4 is 15.5 Å². The molecule has 1 heterocycles. The van der Waals surface area contributed by atoms with Gasteiger partial charge in [0, 0.05) is 24.7 Å². The molecule has 0 radical (unpaired) electrons. The van der Waals surface area contributed by atoms with Crippen LogP contribution in [0.3, 0.4) is 0 Å². The zero-order valence-electron chi connectivity index (χ0n) is 15.0. The normalized spacial score (nSPS) is 17.8. The first kappa shape index (κ1) is 18.0. The van der Waals surface area contributed by atoms with Crippen LogP contribution in [0, 0.1) is 0 Å². The van der Waals surface area contributed by atoms with Crippen LogP contribution in [0.2, 0.25) is 0 Å². The van der Waals surface area contributed by atoms with Crippen molar-refractivity contribution in [1.82, 2.24) is 10.6 Å². The molecule has 0 saturated carbocycles. The molecule has 3 rings (SSSR count). The molecule has 1 aliphatic heterocycles. The van der Waals surface area contributed by atoms with Crippen LogP contribution in [-0.2, 0) is 11.2 Å². The topological polar surface area (TPSA) is 61.4 Å². The summed E-state index contributed by atoms with van der Waals surface area (Å²) in [4.78, 5) is 26.1. The van der Waals surface area contributed by atoms with E-state index in [0.29, 0.717) is 13.0 Å². The Hall–Kier alpha value is -2.82. The van der Waals surface area contributed by atoms with E-state index in [2.05, 4.69) is 22.8 Å². The largest absolute Gasteiger partial charge is 0.336 e. The summed E-state index contributed by atoms with van der Waals surface area (Å²) < 4.78 is 0. The lowest BCUT2D eigenvalue weighted by Gasteiger charge is -2.19. The van der Waals surface area contributed by atoms with E-state index in [1.54, 1.807) is 4.90 Å². The second-order valence-electron chi connectivity index (χ2n) is 6.78. The Bertz CT molecular complexity index is 733. The van der Waals surface area contributed by atoms with Gasteiger partial charge in [0.05, 0.1) is 6.04 Å². The molecule has 1 fully saturated rings. The predicted octanol–water partition coefficient (Wildman–Crippen LogP) is 3.11. The van der Waals surface area contributed by atoms with Crippen molar-refractivity contribution in [2.45, 2.75) is 38.3 Å². The Morgan fingerprint density at radius 1 is 1.12 bits per heavy atom. The van der Waals surface area contributed by atoms with E-state index in [1.165, 1.54) is 5.56 Å². The van der Waals surface area contributed by atoms with E-state index in [-0.39, 0.29) is 24.0 Å². The Balaban J connectivity index is 1.44. The average Bonchev–Trinajstić information content (AvgIpc) is 3.01. The van der Waals surface area contributed by atoms with E-state index in [9.17, 15) is 9.59 Å². The summed E-state index contributed by atoms with van der Waals surface area (Å²) in [5.74, 6) is 0.0404. The van der Waals surface area contributed by atoms with Crippen LogP contribution in [-0.4, -0.2) is 30.6 Å². The highest BCUT2D eigenvalue weighted by Crippen LogP contribution is 2.20. The molecule has 0 bridgehead atoms. The number of amides is 3. The fourth-order valence-electron chi connectivity index (χ4n) is 3.21. The zero-order chi connectivity index (χ0) is 18.4. The van der Waals surface area contributed by atoms with Gasteiger partial charge < -0.3 is 15.5 Å². The number of carbonyl (C=O) groups is 2. The first-order valence-corrected chi connectivity index (χ1v) is 9.08. The molecule has 2 N–H and O–H groups in total. The molecule has 5 nitrogen and oxygen atoms in total. The van der Waals surface area contributed by atoms with E-state index >= 15 is 0 Å². The van der Waals surface area contributed by atoms with Gasteiger partial charge >= 0.3 is 6.03 Å². The zero-order valence-corrected chi connectivity index (χ0v) is 15.0. The Morgan fingerprint density at radius 2 is 1.77 bits per heavy atom. The molecule has 0 aliphatic carbocycles. The molecule has 5 heteroatoms. The molecular formula is C21H25N3O2. The molecule has 2 aromatic carbocycles. The highest BCUT2D eigenvalue weighted by atomic mass is 16.2. The lowest BCUT2D eigenvalue weighted by molar-refractivity contribution is -0.117. The number of rotatable bonds is 6. The van der Waals surface area contributed by atoms with Gasteiger partial charge in [0.1, 0.15) is 0 Å². The number of nitrogens with zero attached hydrogens (tertiary/aromatic N) is 1. The molecule has 136 valence electrons. The van der Waals surface area contributed by atoms with Crippen molar-refractivity contribution in [2.75, 3.05) is 11.4 Å². The van der Waals surface area contributed by atoms with Crippen LogP contribution in [0.15, 0.2) is 60.7 Å². The minimum Gasteiger partial charge on any atom is -0.336 e. The maximum atomic E-state index is 12.2. The van der Waals surface area contributed by atoms with E-state index in [0.717, 1.165) is 18.5 Å². The van der Waals surface area contributed by atoms with Gasteiger partial charge in [-0.2, -0.15) is 0 Å². The summed E-state index contributed by atoms with van der Waals surface area (Å²) in [7, 11) is 0. The third kappa shape index (κ3) is 4.85. The van der Waals surface area contributed by atoms with Gasteiger partial charge in [0.25, 0.3) is 0 Å². The molecule has 0 aromatic heterocycles. The van der Waals surface area contributed by atoms with Gasteiger partial charge in [-0.3, -0.25) is 4.79 Å². The molecule has 2 aromatic rings. The number of carbonyl (C=O) groups excluding carboxylic acids is 2. The van der Waals surface area contributed by atoms with Crippen LogP contribution in [0.4, 0.5) is 10.5 Å². The highest BCUT2D eigenvalue weighted by Gasteiger charge is 2.31. The van der Waals surface area contributed by atoms with Crippen LogP contribution in [0.5, 0.6) is 0 Å². The van der Waals surface area contributed by atoms with E-state index < -0.39 is 0 Å². The van der Waals surface area contributed by atoms with Crippen molar-refractivity contribution in [3.05, 3.63) is 66.2 Å². The van der Waals surface area contributed by atoms with E-state index in [1.807, 2.05) is 55.5 Å². The van der Waals surface area contributed by atoms with Crippen molar-refractivity contribution in [1.29, 1.82) is 0 Å². The second-order valence-corrected chi connectivity index (χ2v) is 6.78. The number of benzene rings is 2. The number of anilines is 1. The average molecular weight is 351 g/mol. The predicted molar refractivity (Wildman–Crippen MR) is 103 cm³/mol. The van der Waals surface area contributed by atoms with Gasteiger partial charge in [0.2, 0.25) is 5.91 Å². The van der Waals surface area contributed by atoms with Crippen molar-refractivity contribution >= 4 is 17.6 Å². The quantitative estimate of drug-likeness (QED) is 0.840. The van der Waals surface area contributed by atoms with Gasteiger partial charge in [-0.05, 0) is 37.5 Å². The van der Waals surface area contributed by atoms with Crippen molar-refractivity contribution < 1.29 is 9.59 Å². The van der Waals surface area contributed by atoms with Gasteiger partial charge in [-0.15, -0.1) is 0 Å². The Kier molecular flexibility index (Phi) is 5.89. The number of nitrogens with one attached hydrogen (secondary N) is 2. The standard InChI is InChI=1S/C21H25N3O2/c1-16(12-13-17-8-4-2-5-9-17)22-21(26)23-18-14-20(25)24(15-18)19-10-6-3-7-11-19/h2-11,16,18H,12-15H2,1H3,(H2,22,23,26)/t16-,18+/m0/s1. The molecule has 2 atom stereocenters. The summed E-state index contributed by atoms with van der Waals surface area (Å²) in [6, 6.07) is 19.5. The second kappa shape index (κ2) is 8.52. The molecule has 1 saturated heterocycles. The molecule has 26 heavy (non-hydrogen) atoms. The van der Waals surface area contributed by atoms with Crippen molar-refractivity contribution in [2.24, 2.45) is 0 Å². The van der Waals surface area contributed by atoms with Crippen LogP contribution >= 0.6 is 0 Å². The van der Waals surface area contributed by atoms with Gasteiger partial charge in [-0.25, -0.2) is 4.79 Å². The first-order chi connectivity index (χ1) is 12.6. The van der Waals surface area contributed by atoms with Crippen LogP contribution in [0.1, 0.15) is 25.3 Å². The number of hydrogen-bond acceptors (Lipinski definition) is 2. The number of aryl methyl sites for hydroxylation is 1. The van der Waals surface area contributed by atoms with Crippen LogP contribution in [0.25, 0.3) is 0 Å². The molecule has 0 unspecified atom stereocenters. The summed E-state index contributed by atoms with van der Waals surface area (Å²) in [6.07, 6.45) is 2.13. The minimum absolute atomic E-state index is 0.0404. The Labute approximate surface area is 154 Å². The fraction of sp³-hybridized carbons (Fsp3) is 0.333. The lowest BCUT2D eigenvalue weighted by Crippen LogP contribution is -2.46. The van der Waals surface area contributed by atoms with Gasteiger partial charge in [-0.1, -0.05) is 48.5 Å². The van der Waals surface area contributed by atoms with Gasteiger partial charge in [0.15, 0.2) is 0 Å². The molecule has 0 spiro atoms. The lowest BCUT2D eigenvalue weighted by atomic mass is 10.1. The first-order valence-electron chi connectivity index (χ1n) is 9.08. The van der Waals surface area contributed by atoms with E-state index in [4.69, 9.17) is 0 Å². The monoisotopic (exact) mass is 351 g/mol. The third-order valence-corrected chi connectivity index (χ3v) is 4.61. The summed E-state index contributed by atoms with van der Waals surface area (Å²) in [5.41, 5.74) is 2.14. The molecular weight excluding hydrogens is 326 g/mol. The SMILES string of the molecule is C[C@@H](CCc1ccccc1)NC(=O)N[C@@H]1CC(=O)N(c2ccccc2)C1. The minimum atomic E-state index is -0.210. The maximum absolute atomic E-state index is 12.2. The van der Waals surface area contributed by atoms with Crippen molar-refractivity contribution in [3.63, 3.8) is 0 Å². The number of para-hydroxylation sites is 1. The summed E-state index contributed by atoms with van der Waals surface area (Å²) >= 11 is 0. The highest BCUT2D eigenvalue weighted by molar-refractivity contribution is 5.96. The fourth-order valence-corrected chi connectivity index (χ4v) is 3.21. The Morgan fingerprint density at radius 3 is 2.46 bits per heavy atom. The smallest absolute Gasteiger partial charge is 0.315 e. The number of urea groups is 1. The molecule has 3 amide bonds. The third-order valence-electron chi connectivity index (χ3n) is 4.61. The molecule has 1 aliphatic rings. The number of hydrogen-bond donors (Lipinski definition) is 2. The summed E-state index contributed by atoms with van der Waals surface area (Å²) in [5, 5.41) is 5.89. The maximum Gasteiger partial charge on any atom is 0.315 e. The van der Waals surface area contributed by atoms with Crippen molar-refractivity contribution in [3.8, 4) is 0 Å². The summed E-state index contributed by atoms with van der Waals surface area (Å²) in [6.45, 7) is 2.51.